The molecule has 0 spiro atoms. The summed E-state index contributed by atoms with van der Waals surface area (Å²) in [5, 5.41) is 13.1. The van der Waals surface area contributed by atoms with Crippen molar-refractivity contribution in [3.8, 4) is 0 Å². The van der Waals surface area contributed by atoms with Gasteiger partial charge in [-0.15, -0.1) is 0 Å². The predicted molar refractivity (Wildman–Crippen MR) is 80.0 cm³/mol. The molecule has 0 saturated heterocycles. The van der Waals surface area contributed by atoms with Crippen molar-refractivity contribution in [3.63, 3.8) is 0 Å². The van der Waals surface area contributed by atoms with Crippen LogP contribution in [0.15, 0.2) is 42.5 Å². The van der Waals surface area contributed by atoms with Crippen molar-refractivity contribution in [2.24, 2.45) is 11.8 Å². The molecule has 0 bridgehead atoms. The van der Waals surface area contributed by atoms with Crippen molar-refractivity contribution in [1.29, 1.82) is 0 Å². The lowest BCUT2D eigenvalue weighted by Gasteiger charge is -2.30. The molecule has 2 aromatic carbocycles. The minimum atomic E-state index is -0.294. The number of aliphatic hydroxyl groups is 1. The summed E-state index contributed by atoms with van der Waals surface area (Å²) in [5.41, 5.74) is 1.08. The van der Waals surface area contributed by atoms with Gasteiger partial charge >= 0.3 is 0 Å². The molecule has 1 unspecified atom stereocenters. The van der Waals surface area contributed by atoms with Crippen LogP contribution in [0.2, 0.25) is 0 Å². The van der Waals surface area contributed by atoms with Gasteiger partial charge in [0.25, 0.3) is 0 Å². The van der Waals surface area contributed by atoms with Crippen LogP contribution >= 0.6 is 0 Å². The lowest BCUT2D eigenvalue weighted by atomic mass is 9.78. The Morgan fingerprint density at radius 1 is 0.947 bits per heavy atom. The van der Waals surface area contributed by atoms with Crippen LogP contribution in [0.1, 0.15) is 44.3 Å². The molecule has 0 aliphatic heterocycles. The SMILES string of the molecule is CC1CCC(C(O)c2ccc3ccccc3c2)CC1. The molecule has 1 fully saturated rings. The number of fused-ring (bicyclic) bond motifs is 1. The van der Waals surface area contributed by atoms with Crippen LogP contribution in [0.5, 0.6) is 0 Å². The van der Waals surface area contributed by atoms with E-state index in [0.717, 1.165) is 24.3 Å². The minimum Gasteiger partial charge on any atom is -0.388 e. The van der Waals surface area contributed by atoms with Gasteiger partial charge in [-0.25, -0.2) is 0 Å². The highest BCUT2D eigenvalue weighted by molar-refractivity contribution is 5.83. The van der Waals surface area contributed by atoms with Crippen molar-refractivity contribution in [2.45, 2.75) is 38.7 Å². The molecular formula is C18H22O. The monoisotopic (exact) mass is 254 g/mol. The Hall–Kier alpha value is -1.34. The van der Waals surface area contributed by atoms with Gasteiger partial charge in [0.2, 0.25) is 0 Å². The first-order valence-electron chi connectivity index (χ1n) is 7.41. The fourth-order valence-electron chi connectivity index (χ4n) is 3.27. The molecule has 3 rings (SSSR count). The van der Waals surface area contributed by atoms with E-state index < -0.39 is 0 Å². The van der Waals surface area contributed by atoms with E-state index in [1.807, 2.05) is 0 Å². The third kappa shape index (κ3) is 2.66. The van der Waals surface area contributed by atoms with Crippen molar-refractivity contribution in [3.05, 3.63) is 48.0 Å². The van der Waals surface area contributed by atoms with Gasteiger partial charge in [-0.1, -0.05) is 56.2 Å². The summed E-state index contributed by atoms with van der Waals surface area (Å²) in [6.07, 6.45) is 4.55. The van der Waals surface area contributed by atoms with E-state index in [0.29, 0.717) is 5.92 Å². The topological polar surface area (TPSA) is 20.2 Å². The summed E-state index contributed by atoms with van der Waals surface area (Å²) in [6.45, 7) is 2.32. The van der Waals surface area contributed by atoms with Gasteiger partial charge in [-0.2, -0.15) is 0 Å². The molecular weight excluding hydrogens is 232 g/mol. The van der Waals surface area contributed by atoms with Crippen LogP contribution in [0.3, 0.4) is 0 Å². The second-order valence-electron chi connectivity index (χ2n) is 6.07. The van der Waals surface area contributed by atoms with Gasteiger partial charge < -0.3 is 5.11 Å². The van der Waals surface area contributed by atoms with Gasteiger partial charge in [0, 0.05) is 0 Å². The zero-order valence-electron chi connectivity index (χ0n) is 11.5. The Morgan fingerprint density at radius 3 is 2.37 bits per heavy atom. The normalized spacial score (nSPS) is 25.4. The molecule has 1 aliphatic carbocycles. The Bertz CT molecular complexity index is 552. The zero-order valence-corrected chi connectivity index (χ0v) is 11.5. The van der Waals surface area contributed by atoms with E-state index in [-0.39, 0.29) is 6.10 Å². The molecule has 100 valence electrons. The van der Waals surface area contributed by atoms with Crippen LogP contribution in [-0.4, -0.2) is 5.11 Å². The van der Waals surface area contributed by atoms with Crippen LogP contribution in [0.4, 0.5) is 0 Å². The predicted octanol–water partition coefficient (Wildman–Crippen LogP) is 4.70. The summed E-state index contributed by atoms with van der Waals surface area (Å²) in [6, 6.07) is 14.7. The van der Waals surface area contributed by atoms with E-state index in [2.05, 4.69) is 49.4 Å². The maximum Gasteiger partial charge on any atom is 0.0818 e. The number of aliphatic hydroxyl groups excluding tert-OH is 1. The average molecular weight is 254 g/mol. The molecule has 1 atom stereocenters. The molecule has 1 aliphatic rings. The summed E-state index contributed by atoms with van der Waals surface area (Å²) in [4.78, 5) is 0. The summed E-state index contributed by atoms with van der Waals surface area (Å²) < 4.78 is 0. The van der Waals surface area contributed by atoms with Crippen LogP contribution in [0.25, 0.3) is 10.8 Å². The molecule has 0 amide bonds. The van der Waals surface area contributed by atoms with Crippen LogP contribution in [0, 0.1) is 11.8 Å². The fourth-order valence-corrected chi connectivity index (χ4v) is 3.27. The molecule has 0 heterocycles. The summed E-state index contributed by atoms with van der Waals surface area (Å²) in [5.74, 6) is 1.28. The van der Waals surface area contributed by atoms with Gasteiger partial charge in [0.05, 0.1) is 6.10 Å². The van der Waals surface area contributed by atoms with Crippen molar-refractivity contribution in [1.82, 2.24) is 0 Å². The number of benzene rings is 2. The lowest BCUT2D eigenvalue weighted by molar-refractivity contribution is 0.0757. The minimum absolute atomic E-state index is 0.294. The maximum atomic E-state index is 10.6. The number of hydrogen-bond acceptors (Lipinski definition) is 1. The van der Waals surface area contributed by atoms with Crippen LogP contribution in [-0.2, 0) is 0 Å². The van der Waals surface area contributed by atoms with E-state index in [1.165, 1.54) is 23.6 Å². The largest absolute Gasteiger partial charge is 0.388 e. The standard InChI is InChI=1S/C18H22O/c1-13-6-8-15(9-7-13)18(19)17-11-10-14-4-2-3-5-16(14)12-17/h2-5,10-13,15,18-19H,6-9H2,1H3. The lowest BCUT2D eigenvalue weighted by Crippen LogP contribution is -2.19. The molecule has 19 heavy (non-hydrogen) atoms. The first kappa shape index (κ1) is 12.7. The summed E-state index contributed by atoms with van der Waals surface area (Å²) in [7, 11) is 0. The van der Waals surface area contributed by atoms with Gasteiger partial charge in [-0.3, -0.25) is 0 Å². The quantitative estimate of drug-likeness (QED) is 0.823. The molecule has 1 heteroatoms. The highest BCUT2D eigenvalue weighted by atomic mass is 16.3. The van der Waals surface area contributed by atoms with Crippen molar-refractivity contribution < 1.29 is 5.11 Å². The van der Waals surface area contributed by atoms with E-state index in [1.54, 1.807) is 0 Å². The van der Waals surface area contributed by atoms with Crippen molar-refractivity contribution >= 4 is 10.8 Å². The molecule has 1 N–H and O–H groups in total. The Labute approximate surface area is 115 Å². The third-order valence-corrected chi connectivity index (χ3v) is 4.62. The fraction of sp³-hybridized carbons (Fsp3) is 0.444. The van der Waals surface area contributed by atoms with E-state index >= 15 is 0 Å². The van der Waals surface area contributed by atoms with E-state index in [4.69, 9.17) is 0 Å². The average Bonchev–Trinajstić information content (AvgIpc) is 2.47. The summed E-state index contributed by atoms with van der Waals surface area (Å²) >= 11 is 0. The Morgan fingerprint density at radius 2 is 1.63 bits per heavy atom. The Balaban J connectivity index is 1.83. The second-order valence-corrected chi connectivity index (χ2v) is 6.07. The molecule has 0 radical (unpaired) electrons. The van der Waals surface area contributed by atoms with E-state index in [9.17, 15) is 5.11 Å². The first-order valence-corrected chi connectivity index (χ1v) is 7.41. The van der Waals surface area contributed by atoms with Gasteiger partial charge in [-0.05, 0) is 47.1 Å². The molecule has 1 saturated carbocycles. The first-order chi connectivity index (χ1) is 9.24. The molecule has 2 aromatic rings. The highest BCUT2D eigenvalue weighted by Gasteiger charge is 2.25. The third-order valence-electron chi connectivity index (χ3n) is 4.62. The van der Waals surface area contributed by atoms with Crippen molar-refractivity contribution in [2.75, 3.05) is 0 Å². The molecule has 0 aromatic heterocycles. The highest BCUT2D eigenvalue weighted by Crippen LogP contribution is 2.37. The number of rotatable bonds is 2. The number of hydrogen-bond donors (Lipinski definition) is 1. The van der Waals surface area contributed by atoms with Gasteiger partial charge in [0.15, 0.2) is 0 Å². The van der Waals surface area contributed by atoms with Crippen LogP contribution < -0.4 is 0 Å². The molecule has 1 nitrogen and oxygen atoms in total. The Kier molecular flexibility index (Phi) is 3.56. The maximum absolute atomic E-state index is 10.6. The second kappa shape index (κ2) is 5.34. The zero-order chi connectivity index (χ0) is 13.2. The van der Waals surface area contributed by atoms with Gasteiger partial charge in [0.1, 0.15) is 0 Å². The smallest absolute Gasteiger partial charge is 0.0818 e.